The normalized spacial score (nSPS) is 10.3. The third-order valence-electron chi connectivity index (χ3n) is 12.2. The third kappa shape index (κ3) is 11.4. The van der Waals surface area contributed by atoms with Crippen molar-refractivity contribution < 1.29 is 55.1 Å². The SMILES string of the molecule is O=C=O.O=C=O.[C-]#[N+]c1nc2c3nc(C)c(C#N)nc3c3nc(C(=O)OC)c(C#N)nc3c2nc1C.[C-]#[N+]c1nc2c3nc(C)c(C#N)nc3c3nc(C(F)(F)F)c(C#N)nc3c2nc1C.[C-]#[N+]c1nc2c3nc(F)c(C#N)nc3c3nc(F)c(C#N)nc3c2nc1F. The van der Waals surface area contributed by atoms with E-state index in [1.54, 1.807) is 13.8 Å². The second-order valence-corrected chi connectivity index (χ2v) is 17.4. The van der Waals surface area contributed by atoms with Gasteiger partial charge in [0.1, 0.15) is 119 Å². The maximum absolute atomic E-state index is 14.0. The zero-order valence-corrected chi connectivity index (χ0v) is 46.3. The van der Waals surface area contributed by atoms with E-state index in [2.05, 4.69) is 104 Å². The van der Waals surface area contributed by atoms with Crippen LogP contribution in [0.5, 0.6) is 0 Å². The lowest BCUT2D eigenvalue weighted by Crippen LogP contribution is -2.13. The van der Waals surface area contributed by atoms with Gasteiger partial charge < -0.3 is 19.3 Å². The van der Waals surface area contributed by atoms with Crippen molar-refractivity contribution in [2.45, 2.75) is 33.9 Å². The molecule has 0 aliphatic rings. The van der Waals surface area contributed by atoms with E-state index in [1.165, 1.54) is 32.1 Å². The van der Waals surface area contributed by atoms with Crippen LogP contribution in [0.2, 0.25) is 0 Å². The molecule has 0 bridgehead atoms. The first-order valence-corrected chi connectivity index (χ1v) is 24.3. The number of rotatable bonds is 1. The number of halogens is 6. The Labute approximate surface area is 507 Å². The minimum absolute atomic E-state index is 0.0264. The van der Waals surface area contributed by atoms with Gasteiger partial charge in [0.05, 0.1) is 29.9 Å². The maximum atomic E-state index is 14.0. The molecule has 93 heavy (non-hydrogen) atoms. The van der Waals surface area contributed by atoms with E-state index in [-0.39, 0.29) is 157 Å². The van der Waals surface area contributed by atoms with E-state index in [0.717, 1.165) is 7.11 Å². The fourth-order valence-corrected chi connectivity index (χ4v) is 8.37. The summed E-state index contributed by atoms with van der Waals surface area (Å²) in [4.78, 5) is 127. The standard InChI is InChI=1S/C19H9N9O2.C18H6F3N9.C15F3N9.2CO2/c1-7-9(5-20)25-14-12(23-7)17-13(24-8(2)18(22-3)28-17)15-16(14)27-11(19(29)30-4)10(6-21)26-15;1-6-8(4-22)27-12-10(25-6)15-11(26-7(2)17(24-3)30-15)13-14(12)29-16(18(19,20)21)9(5-23)28-13;1-21-15-14(18)26-10-7-8(24-12(16)4(2-19)23-7)6-9(11(10)27-15)25-13(17)5(3-20)22-6;2*2-1-3/h1-2,4H3;1-2H3;;;. The van der Waals surface area contributed by atoms with Crippen molar-refractivity contribution in [3.8, 4) is 36.4 Å². The number of alkyl halides is 3. The minimum atomic E-state index is -4.95. The van der Waals surface area contributed by atoms with Crippen LogP contribution in [0.25, 0.3) is 114 Å². The van der Waals surface area contributed by atoms with Crippen molar-refractivity contribution in [1.29, 1.82) is 31.6 Å². The van der Waals surface area contributed by atoms with Crippen molar-refractivity contribution in [2.75, 3.05) is 7.11 Å². The number of hydrogen-bond acceptors (Lipinski definition) is 30. The second-order valence-electron chi connectivity index (χ2n) is 17.4. The molecule has 0 unspecified atom stereocenters. The van der Waals surface area contributed by atoms with Gasteiger partial charge in [0.2, 0.25) is 34.4 Å². The number of ether oxygens (including phenoxy) is 1. The zero-order chi connectivity index (χ0) is 68.1. The summed E-state index contributed by atoms with van der Waals surface area (Å²) < 4.78 is 87.0. The number of carbonyl (C=O) groups excluding carboxylic acids is 5. The fraction of sp³-hybridized carbons (Fsp3) is 0.111. The van der Waals surface area contributed by atoms with Gasteiger partial charge in [-0.05, 0) is 27.7 Å². The van der Waals surface area contributed by atoms with Crippen LogP contribution in [0, 0.1) is 133 Å². The molecular formula is C54H15F6N27O6. The van der Waals surface area contributed by atoms with Crippen LogP contribution in [0.3, 0.4) is 0 Å². The van der Waals surface area contributed by atoms with Gasteiger partial charge in [-0.1, -0.05) is 19.7 Å². The number of aromatic nitrogens is 18. The molecule has 0 N–H and O–H groups in total. The molecule has 0 saturated carbocycles. The fourth-order valence-electron chi connectivity index (χ4n) is 8.37. The molecule has 0 spiro atoms. The third-order valence-corrected chi connectivity index (χ3v) is 12.2. The van der Waals surface area contributed by atoms with Gasteiger partial charge in [0.15, 0.2) is 45.6 Å². The monoisotopic (exact) mass is 1250 g/mol. The van der Waals surface area contributed by atoms with E-state index < -0.39 is 58.6 Å². The number of benzene rings is 3. The van der Waals surface area contributed by atoms with Crippen LogP contribution in [-0.4, -0.2) is 115 Å². The summed E-state index contributed by atoms with van der Waals surface area (Å²) in [7, 11) is 1.16. The van der Waals surface area contributed by atoms with Crippen LogP contribution >= 0.6 is 0 Å². The van der Waals surface area contributed by atoms with E-state index >= 15 is 0 Å². The number of aryl methyl sites for hydroxylation is 4. The predicted molar refractivity (Wildman–Crippen MR) is 289 cm³/mol. The summed E-state index contributed by atoms with van der Waals surface area (Å²) in [6, 6.07) is 9.96. The highest BCUT2D eigenvalue weighted by Crippen LogP contribution is 2.38. The Kier molecular flexibility index (Phi) is 17.5. The number of nitrogens with zero attached hydrogens (tertiary/aromatic N) is 27. The van der Waals surface area contributed by atoms with Crippen LogP contribution < -0.4 is 0 Å². The summed E-state index contributed by atoms with van der Waals surface area (Å²) in [5, 5.41) is 55.2. The molecule has 0 radical (unpaired) electrons. The quantitative estimate of drug-likeness (QED) is 0.0712. The minimum Gasteiger partial charge on any atom is -0.464 e. The maximum Gasteiger partial charge on any atom is 0.436 e. The molecule has 9 heterocycles. The van der Waals surface area contributed by atoms with E-state index in [0.29, 0.717) is 11.4 Å². The Balaban J connectivity index is 0.000000172. The Bertz CT molecular complexity index is 5590. The highest BCUT2D eigenvalue weighted by Gasteiger charge is 2.38. The summed E-state index contributed by atoms with van der Waals surface area (Å²) in [5.74, 6) is -5.26. The van der Waals surface area contributed by atoms with Gasteiger partial charge in [-0.25, -0.2) is 69.6 Å². The Morgan fingerprint density at radius 2 is 0.624 bits per heavy atom. The first kappa shape index (κ1) is 63.9. The van der Waals surface area contributed by atoms with Gasteiger partial charge in [0, 0.05) is 0 Å². The molecule has 12 aromatic rings. The summed E-state index contributed by atoms with van der Waals surface area (Å²) >= 11 is 0. The van der Waals surface area contributed by atoms with E-state index in [9.17, 15) is 52.2 Å². The molecule has 0 saturated heterocycles. The lowest BCUT2D eigenvalue weighted by Gasteiger charge is -2.11. The molecule has 0 aliphatic heterocycles. The molecule has 9 aromatic heterocycles. The van der Waals surface area contributed by atoms with Crippen molar-refractivity contribution in [2.24, 2.45) is 0 Å². The first-order valence-electron chi connectivity index (χ1n) is 24.3. The van der Waals surface area contributed by atoms with Gasteiger partial charge in [0.25, 0.3) is 11.6 Å². The molecule has 0 fully saturated rings. The average molecular weight is 1250 g/mol. The highest BCUT2D eigenvalue weighted by atomic mass is 19.4. The molecule has 33 nitrogen and oxygen atoms in total. The molecule has 0 atom stereocenters. The molecule has 12 rings (SSSR count). The molecule has 444 valence electrons. The van der Waals surface area contributed by atoms with Crippen molar-refractivity contribution in [3.05, 3.63) is 120 Å². The van der Waals surface area contributed by atoms with Gasteiger partial charge in [-0.2, -0.15) is 77.1 Å². The lowest BCUT2D eigenvalue weighted by atomic mass is 10.1. The average Bonchev–Trinajstić information content (AvgIpc) is 0.744. The van der Waals surface area contributed by atoms with Crippen molar-refractivity contribution in [3.63, 3.8) is 0 Å². The number of esters is 1. The molecule has 3 aromatic carbocycles. The van der Waals surface area contributed by atoms with Crippen LogP contribution in [0.1, 0.15) is 73.1 Å². The number of hydrogen-bond donors (Lipinski definition) is 0. The topological polar surface area (TPSA) is 482 Å². The van der Waals surface area contributed by atoms with Gasteiger partial charge in [-0.15, -0.1) is 15.0 Å². The number of fused-ring (bicyclic) bond motifs is 18. The first-order chi connectivity index (χ1) is 44.4. The molecular weight excluding hydrogens is 1240 g/mol. The Morgan fingerprint density at radius 3 is 0.957 bits per heavy atom. The number of methoxy groups -OCH3 is 1. The van der Waals surface area contributed by atoms with Crippen LogP contribution in [0.15, 0.2) is 0 Å². The summed E-state index contributed by atoms with van der Waals surface area (Å²) in [6.45, 7) is 27.7. The van der Waals surface area contributed by atoms with Gasteiger partial charge >= 0.3 is 30.3 Å². The lowest BCUT2D eigenvalue weighted by molar-refractivity contribution is -0.193. The second kappa shape index (κ2) is 25.5. The van der Waals surface area contributed by atoms with E-state index in [4.69, 9.17) is 54.2 Å². The smallest absolute Gasteiger partial charge is 0.436 e. The summed E-state index contributed by atoms with van der Waals surface area (Å²) in [5.41, 5.74) is -4.39. The predicted octanol–water partition coefficient (Wildman–Crippen LogP) is 6.72. The number of nitriles is 6. The van der Waals surface area contributed by atoms with E-state index in [1.807, 2.05) is 18.2 Å². The molecule has 0 aliphatic carbocycles. The van der Waals surface area contributed by atoms with Gasteiger partial charge in [-0.3, -0.25) is 9.97 Å². The molecule has 0 amide bonds. The number of carbonyl (C=O) groups is 1. The Hall–Kier alpha value is -15.1. The zero-order valence-electron chi connectivity index (χ0n) is 46.3. The van der Waals surface area contributed by atoms with Crippen molar-refractivity contribution >= 4 is 135 Å². The highest BCUT2D eigenvalue weighted by molar-refractivity contribution is 6.20. The van der Waals surface area contributed by atoms with Crippen LogP contribution in [0.4, 0.5) is 43.8 Å². The molecule has 39 heteroatoms. The van der Waals surface area contributed by atoms with Crippen molar-refractivity contribution in [1.82, 2.24) is 89.7 Å². The largest absolute Gasteiger partial charge is 0.464 e. The Morgan fingerprint density at radius 1 is 0.366 bits per heavy atom. The van der Waals surface area contributed by atoms with Crippen LogP contribution in [-0.2, 0) is 30.1 Å². The summed E-state index contributed by atoms with van der Waals surface area (Å²) in [6.07, 6.45) is -4.45.